The van der Waals surface area contributed by atoms with Gasteiger partial charge in [0, 0.05) is 44.3 Å². The minimum atomic E-state index is -0.258. The highest BCUT2D eigenvalue weighted by atomic mass is 35.5. The van der Waals surface area contributed by atoms with Crippen molar-refractivity contribution in [1.82, 2.24) is 9.80 Å². The molecule has 6 heteroatoms. The van der Waals surface area contributed by atoms with Gasteiger partial charge in [-0.1, -0.05) is 11.6 Å². The summed E-state index contributed by atoms with van der Waals surface area (Å²) in [5.41, 5.74) is 0.819. The van der Waals surface area contributed by atoms with E-state index in [1.165, 1.54) is 19.2 Å². The number of hydrogen-bond acceptors (Lipinski definition) is 4. The van der Waals surface area contributed by atoms with E-state index in [4.69, 9.17) is 11.6 Å². The van der Waals surface area contributed by atoms with Crippen LogP contribution in [0.5, 0.6) is 0 Å². The molecule has 1 aliphatic heterocycles. The van der Waals surface area contributed by atoms with E-state index in [1.807, 2.05) is 0 Å². The lowest BCUT2D eigenvalue weighted by Gasteiger charge is -2.34. The summed E-state index contributed by atoms with van der Waals surface area (Å²) in [7, 11) is 1.41. The lowest BCUT2D eigenvalue weighted by Crippen LogP contribution is -2.46. The summed E-state index contributed by atoms with van der Waals surface area (Å²) in [5.74, 6) is -0.435. The molecule has 0 unspecified atom stereocenters. The summed E-state index contributed by atoms with van der Waals surface area (Å²) < 4.78 is 17.9. The molecule has 0 aliphatic carbocycles. The van der Waals surface area contributed by atoms with Crippen LogP contribution < -0.4 is 0 Å². The predicted octanol–water partition coefficient (Wildman–Crippen LogP) is 2.16. The van der Waals surface area contributed by atoms with Crippen LogP contribution in [0, 0.1) is 5.82 Å². The molecular weight excluding hydrogens is 295 g/mol. The van der Waals surface area contributed by atoms with Crippen molar-refractivity contribution in [3.63, 3.8) is 0 Å². The molecule has 1 aliphatic rings. The smallest absolute Gasteiger partial charge is 0.306 e. The van der Waals surface area contributed by atoms with Crippen LogP contribution in [0.2, 0.25) is 5.02 Å². The normalized spacial score (nSPS) is 16.9. The molecule has 1 aromatic rings. The quantitative estimate of drug-likeness (QED) is 0.780. The highest BCUT2D eigenvalue weighted by molar-refractivity contribution is 6.31. The van der Waals surface area contributed by atoms with E-state index in [0.29, 0.717) is 18.0 Å². The molecule has 0 bridgehead atoms. The van der Waals surface area contributed by atoms with Gasteiger partial charge < -0.3 is 9.64 Å². The standard InChI is InChI=1S/C15H20ClFN2O2/c1-21-15(20)4-5-18-6-8-19(9-7-18)11-12-10-13(17)2-3-14(12)16/h2-3,10H,4-9,11H2,1H3. The van der Waals surface area contributed by atoms with Crippen LogP contribution in [0.3, 0.4) is 0 Å². The molecule has 0 N–H and O–H groups in total. The Kier molecular flexibility index (Phi) is 5.96. The SMILES string of the molecule is COC(=O)CCN1CCN(Cc2cc(F)ccc2Cl)CC1. The van der Waals surface area contributed by atoms with Gasteiger partial charge in [-0.3, -0.25) is 9.69 Å². The van der Waals surface area contributed by atoms with Gasteiger partial charge in [-0.05, 0) is 23.8 Å². The minimum absolute atomic E-state index is 0.177. The third-order valence-electron chi connectivity index (χ3n) is 3.73. The van der Waals surface area contributed by atoms with E-state index in [1.54, 1.807) is 6.07 Å². The van der Waals surface area contributed by atoms with Crippen molar-refractivity contribution in [1.29, 1.82) is 0 Å². The first-order chi connectivity index (χ1) is 10.1. The van der Waals surface area contributed by atoms with Crippen molar-refractivity contribution in [2.45, 2.75) is 13.0 Å². The van der Waals surface area contributed by atoms with Crippen LogP contribution in [0.15, 0.2) is 18.2 Å². The lowest BCUT2D eigenvalue weighted by atomic mass is 10.2. The van der Waals surface area contributed by atoms with Gasteiger partial charge in [0.1, 0.15) is 5.82 Å². The molecule has 4 nitrogen and oxygen atoms in total. The van der Waals surface area contributed by atoms with Gasteiger partial charge in [-0.25, -0.2) is 4.39 Å². The highest BCUT2D eigenvalue weighted by Crippen LogP contribution is 2.19. The average molecular weight is 315 g/mol. The van der Waals surface area contributed by atoms with Gasteiger partial charge in [0.25, 0.3) is 0 Å². The number of ether oxygens (including phenoxy) is 1. The second-order valence-electron chi connectivity index (χ2n) is 5.18. The molecule has 0 saturated carbocycles. The maximum Gasteiger partial charge on any atom is 0.306 e. The van der Waals surface area contributed by atoms with E-state index in [0.717, 1.165) is 38.3 Å². The fraction of sp³-hybridized carbons (Fsp3) is 0.533. The Hall–Kier alpha value is -1.17. The topological polar surface area (TPSA) is 32.8 Å². The number of halogens is 2. The highest BCUT2D eigenvalue weighted by Gasteiger charge is 2.18. The fourth-order valence-corrected chi connectivity index (χ4v) is 2.61. The van der Waals surface area contributed by atoms with Gasteiger partial charge in [-0.15, -0.1) is 0 Å². The number of carbonyl (C=O) groups excluding carboxylic acids is 1. The summed E-state index contributed by atoms with van der Waals surface area (Å²) in [4.78, 5) is 15.6. The number of nitrogens with zero attached hydrogens (tertiary/aromatic N) is 2. The van der Waals surface area contributed by atoms with Gasteiger partial charge in [0.05, 0.1) is 13.5 Å². The van der Waals surface area contributed by atoms with Crippen LogP contribution >= 0.6 is 11.6 Å². The fourth-order valence-electron chi connectivity index (χ4n) is 2.43. The van der Waals surface area contributed by atoms with Crippen molar-refractivity contribution in [2.75, 3.05) is 39.8 Å². The van der Waals surface area contributed by atoms with Crippen molar-refractivity contribution < 1.29 is 13.9 Å². The predicted molar refractivity (Wildman–Crippen MR) is 79.8 cm³/mol. The van der Waals surface area contributed by atoms with Crippen molar-refractivity contribution in [3.8, 4) is 0 Å². The Labute approximate surface area is 129 Å². The Bertz CT molecular complexity index is 491. The number of carbonyl (C=O) groups is 1. The molecule has 0 radical (unpaired) electrons. The van der Waals surface area contributed by atoms with Crippen molar-refractivity contribution >= 4 is 17.6 Å². The van der Waals surface area contributed by atoms with Gasteiger partial charge in [0.15, 0.2) is 0 Å². The first-order valence-corrected chi connectivity index (χ1v) is 7.41. The number of rotatable bonds is 5. The largest absolute Gasteiger partial charge is 0.469 e. The van der Waals surface area contributed by atoms with Crippen molar-refractivity contribution in [2.24, 2.45) is 0 Å². The molecule has 1 aromatic carbocycles. The van der Waals surface area contributed by atoms with Crippen LogP contribution in [-0.4, -0.2) is 55.6 Å². The summed E-state index contributed by atoms with van der Waals surface area (Å²) in [6, 6.07) is 4.46. The first-order valence-electron chi connectivity index (χ1n) is 7.04. The Morgan fingerprint density at radius 1 is 1.29 bits per heavy atom. The molecule has 21 heavy (non-hydrogen) atoms. The average Bonchev–Trinajstić information content (AvgIpc) is 2.50. The number of hydrogen-bond donors (Lipinski definition) is 0. The van der Waals surface area contributed by atoms with Crippen LogP contribution in [0.4, 0.5) is 4.39 Å². The summed E-state index contributed by atoms with van der Waals surface area (Å²) in [6.45, 7) is 4.93. The Balaban J connectivity index is 1.79. The summed E-state index contributed by atoms with van der Waals surface area (Å²) in [6.07, 6.45) is 0.423. The second kappa shape index (κ2) is 7.73. The van der Waals surface area contributed by atoms with Crippen LogP contribution in [0.25, 0.3) is 0 Å². The number of piperazine rings is 1. The molecule has 0 aromatic heterocycles. The zero-order valence-electron chi connectivity index (χ0n) is 12.1. The zero-order valence-corrected chi connectivity index (χ0v) is 12.9. The van der Waals surface area contributed by atoms with E-state index < -0.39 is 0 Å². The molecule has 116 valence electrons. The third-order valence-corrected chi connectivity index (χ3v) is 4.10. The molecular formula is C15H20ClFN2O2. The van der Waals surface area contributed by atoms with E-state index >= 15 is 0 Å². The molecule has 0 atom stereocenters. The van der Waals surface area contributed by atoms with Gasteiger partial charge in [0.2, 0.25) is 0 Å². The maximum atomic E-state index is 13.2. The Morgan fingerprint density at radius 2 is 1.95 bits per heavy atom. The van der Waals surface area contributed by atoms with Crippen molar-refractivity contribution in [3.05, 3.63) is 34.6 Å². The molecule has 0 spiro atoms. The third kappa shape index (κ3) is 4.95. The summed E-state index contributed by atoms with van der Waals surface area (Å²) >= 11 is 6.09. The number of benzene rings is 1. The summed E-state index contributed by atoms with van der Waals surface area (Å²) in [5, 5.41) is 0.601. The monoisotopic (exact) mass is 314 g/mol. The molecule has 1 heterocycles. The second-order valence-corrected chi connectivity index (χ2v) is 5.59. The van der Waals surface area contributed by atoms with Gasteiger partial charge in [-0.2, -0.15) is 0 Å². The van der Waals surface area contributed by atoms with Crippen LogP contribution in [0.1, 0.15) is 12.0 Å². The molecule has 2 rings (SSSR count). The van der Waals surface area contributed by atoms with E-state index in [9.17, 15) is 9.18 Å². The van der Waals surface area contributed by atoms with E-state index in [2.05, 4.69) is 14.5 Å². The maximum absolute atomic E-state index is 13.2. The molecule has 1 saturated heterocycles. The molecule has 0 amide bonds. The van der Waals surface area contributed by atoms with Crippen LogP contribution in [-0.2, 0) is 16.1 Å². The van der Waals surface area contributed by atoms with E-state index in [-0.39, 0.29) is 11.8 Å². The first kappa shape index (κ1) is 16.2. The zero-order chi connectivity index (χ0) is 15.2. The number of methoxy groups -OCH3 is 1. The number of esters is 1. The Morgan fingerprint density at radius 3 is 2.62 bits per heavy atom. The molecule has 1 fully saturated rings. The minimum Gasteiger partial charge on any atom is -0.469 e. The van der Waals surface area contributed by atoms with Gasteiger partial charge >= 0.3 is 5.97 Å². The lowest BCUT2D eigenvalue weighted by molar-refractivity contribution is -0.141.